The number of hydrogen-bond donors (Lipinski definition) is 3. The minimum atomic E-state index is -1.03. The maximum atomic E-state index is 12.8. The molecular weight excluding hydrogens is 769 g/mol. The number of anilines is 4. The molecule has 6 aromatic rings. The summed E-state index contributed by atoms with van der Waals surface area (Å²) in [4.78, 5) is 77.5. The topological polar surface area (TPSA) is 215 Å². The van der Waals surface area contributed by atoms with Gasteiger partial charge in [-0.15, -0.1) is 0 Å². The second-order valence-electron chi connectivity index (χ2n) is 14.9. The van der Waals surface area contributed by atoms with Crippen LogP contribution in [0.3, 0.4) is 0 Å². The first-order valence-corrected chi connectivity index (χ1v) is 19.4. The van der Waals surface area contributed by atoms with Crippen molar-refractivity contribution in [1.29, 1.82) is 0 Å². The number of fused-ring (bicyclic) bond motifs is 2. The van der Waals surface area contributed by atoms with Gasteiger partial charge in [-0.2, -0.15) is 9.97 Å². The molecule has 0 unspecified atom stereocenters. The first kappa shape index (κ1) is 42.6. The van der Waals surface area contributed by atoms with E-state index >= 15 is 0 Å². The quantitative estimate of drug-likeness (QED) is 0.120. The molecule has 2 fully saturated rings. The van der Waals surface area contributed by atoms with Gasteiger partial charge in [0.05, 0.1) is 18.2 Å². The Morgan fingerprint density at radius 3 is 1.42 bits per heavy atom. The van der Waals surface area contributed by atoms with Gasteiger partial charge in [0.1, 0.15) is 34.3 Å². The van der Waals surface area contributed by atoms with E-state index in [0.717, 1.165) is 67.8 Å². The third kappa shape index (κ3) is 9.01. The van der Waals surface area contributed by atoms with Crippen LogP contribution in [0.1, 0.15) is 113 Å². The van der Waals surface area contributed by atoms with Gasteiger partial charge in [0.15, 0.2) is 0 Å². The second kappa shape index (κ2) is 18.3. The maximum absolute atomic E-state index is 12.8. The molecule has 0 aliphatic heterocycles. The van der Waals surface area contributed by atoms with Gasteiger partial charge in [0, 0.05) is 75.8 Å². The van der Waals surface area contributed by atoms with E-state index in [9.17, 15) is 19.2 Å². The Kier molecular flexibility index (Phi) is 13.0. The zero-order chi connectivity index (χ0) is 41.8. The first-order chi connectivity index (χ1) is 28.4. The van der Waals surface area contributed by atoms with Gasteiger partial charge in [-0.05, 0) is 62.1 Å². The number of aromatic carboxylic acids is 1. The van der Waals surface area contributed by atoms with E-state index in [0.29, 0.717) is 46.1 Å². The number of aromatic nitrogens is 8. The van der Waals surface area contributed by atoms with Crippen LogP contribution in [0.4, 0.5) is 23.5 Å². The summed E-state index contributed by atoms with van der Waals surface area (Å²) in [5.41, 5.74) is 3.16. The average molecular weight is 819 g/mol. The summed E-state index contributed by atoms with van der Waals surface area (Å²) in [6.45, 7) is 0. The minimum Gasteiger partial charge on any atom is -0.478 e. The van der Waals surface area contributed by atoms with Crippen molar-refractivity contribution in [2.24, 2.45) is 0 Å². The highest BCUT2D eigenvalue weighted by atomic mass is 16.5. The molecule has 314 valence electrons. The molecule has 3 N–H and O–H groups in total. The molecule has 60 heavy (non-hydrogen) atoms. The second-order valence-corrected chi connectivity index (χ2v) is 14.9. The molecule has 2 amide bonds. The normalized spacial score (nSPS) is 13.9. The minimum absolute atomic E-state index is 0. The van der Waals surface area contributed by atoms with Crippen LogP contribution in [-0.2, 0) is 4.74 Å². The van der Waals surface area contributed by atoms with Gasteiger partial charge in [-0.3, -0.25) is 9.59 Å². The van der Waals surface area contributed by atoms with E-state index in [4.69, 9.17) is 5.11 Å². The van der Waals surface area contributed by atoms with Crippen LogP contribution in [0.2, 0.25) is 0 Å². The number of carboxylic acids is 1. The van der Waals surface area contributed by atoms with Crippen LogP contribution in [0, 0.1) is 0 Å². The van der Waals surface area contributed by atoms with Gasteiger partial charge in [-0.1, -0.05) is 33.1 Å². The summed E-state index contributed by atoms with van der Waals surface area (Å²) in [6, 6.07) is 10.5. The zero-order valence-electron chi connectivity index (χ0n) is 33.5. The maximum Gasteiger partial charge on any atom is 0.339 e. The summed E-state index contributed by atoms with van der Waals surface area (Å²) in [7, 11) is 8.31. The van der Waals surface area contributed by atoms with E-state index in [-0.39, 0.29) is 36.9 Å². The molecule has 0 atom stereocenters. The lowest BCUT2D eigenvalue weighted by Gasteiger charge is -2.19. The number of ether oxygens (including phenoxy) is 1. The SMILES string of the molecule is C.CN(C)C(=O)c1cc2cnc(Nc3ccc(C(=O)O)cn3)nc2n1C1CCCC1.COC(=O)c1ccc(Nc2ncc3cc(C(=O)N(C)C)n(C4CCCC4)c3n2)nc1. The van der Waals surface area contributed by atoms with Crippen molar-refractivity contribution in [3.05, 3.63) is 83.7 Å². The first-order valence-electron chi connectivity index (χ1n) is 19.4. The molecule has 8 rings (SSSR count). The Labute approximate surface area is 347 Å². The summed E-state index contributed by atoms with van der Waals surface area (Å²) < 4.78 is 8.79. The highest BCUT2D eigenvalue weighted by molar-refractivity contribution is 5.99. The number of carboxylic acid groups (broad SMARTS) is 1. The molecule has 0 aromatic carbocycles. The monoisotopic (exact) mass is 818 g/mol. The van der Waals surface area contributed by atoms with Crippen molar-refractivity contribution < 1.29 is 29.0 Å². The van der Waals surface area contributed by atoms with Gasteiger partial charge in [0.25, 0.3) is 11.8 Å². The van der Waals surface area contributed by atoms with Crippen molar-refractivity contribution in [1.82, 2.24) is 48.8 Å². The lowest BCUT2D eigenvalue weighted by Crippen LogP contribution is -2.25. The summed E-state index contributed by atoms with van der Waals surface area (Å²) in [6.07, 6.45) is 14.8. The third-order valence-electron chi connectivity index (χ3n) is 10.5. The summed E-state index contributed by atoms with van der Waals surface area (Å²) in [5.74, 6) is 0.0815. The Balaban J connectivity index is 0.000000198. The third-order valence-corrected chi connectivity index (χ3v) is 10.5. The van der Waals surface area contributed by atoms with Crippen LogP contribution in [0.15, 0.2) is 61.2 Å². The van der Waals surface area contributed by atoms with Gasteiger partial charge in [0.2, 0.25) is 11.9 Å². The summed E-state index contributed by atoms with van der Waals surface area (Å²) >= 11 is 0. The molecule has 18 heteroatoms. The Hall–Kier alpha value is -6.98. The number of nitrogens with zero attached hydrogens (tertiary/aromatic N) is 10. The number of esters is 1. The molecule has 2 saturated carbocycles. The number of carbonyl (C=O) groups excluding carboxylic acids is 3. The fourth-order valence-electron chi connectivity index (χ4n) is 7.52. The van der Waals surface area contributed by atoms with Crippen LogP contribution >= 0.6 is 0 Å². The van der Waals surface area contributed by atoms with Crippen molar-refractivity contribution >= 4 is 69.4 Å². The zero-order valence-corrected chi connectivity index (χ0v) is 33.5. The van der Waals surface area contributed by atoms with Crippen LogP contribution in [-0.4, -0.2) is 113 Å². The number of hydrogen-bond acceptors (Lipinski definition) is 13. The Morgan fingerprint density at radius 2 is 1.07 bits per heavy atom. The molecule has 2 aliphatic rings. The van der Waals surface area contributed by atoms with E-state index in [1.165, 1.54) is 25.6 Å². The van der Waals surface area contributed by atoms with Gasteiger partial charge >= 0.3 is 11.9 Å². The van der Waals surface area contributed by atoms with Gasteiger partial charge < -0.3 is 39.4 Å². The van der Waals surface area contributed by atoms with E-state index in [1.807, 2.05) is 16.7 Å². The molecule has 6 heterocycles. The van der Waals surface area contributed by atoms with Crippen LogP contribution in [0.5, 0.6) is 0 Å². The Morgan fingerprint density at radius 1 is 0.650 bits per heavy atom. The van der Waals surface area contributed by atoms with Crippen molar-refractivity contribution in [2.45, 2.75) is 70.9 Å². The number of nitrogens with one attached hydrogen (secondary N) is 2. The van der Waals surface area contributed by atoms with Crippen molar-refractivity contribution in [3.8, 4) is 0 Å². The number of carbonyl (C=O) groups is 4. The number of methoxy groups -OCH3 is 1. The van der Waals surface area contributed by atoms with E-state index in [1.54, 1.807) is 68.6 Å². The predicted molar refractivity (Wildman–Crippen MR) is 226 cm³/mol. The highest BCUT2D eigenvalue weighted by Crippen LogP contribution is 2.36. The molecule has 0 bridgehead atoms. The lowest BCUT2D eigenvalue weighted by atomic mass is 10.2. The standard InChI is InChI=1S/C21H24N6O3.C20H22N6O3.CH4/c1-26(2)19(28)16-10-14-12-23-21(25-18(14)27(16)15-6-4-5-7-15)24-17-9-8-13(11-22-17)20(29)30-3;1-25(2)18(27)15-9-13-11-22-20(23-16-8-7-12(10-21-16)19(28)29)24-17(13)26(15)14-5-3-4-6-14;/h8-12,15H,4-7H2,1-3H3,(H,22,23,24,25);7-11,14H,3-6H2,1-2H3,(H,28,29)(H,21,22,23,24);1H4. The molecule has 18 nitrogen and oxygen atoms in total. The average Bonchev–Trinajstić information content (AvgIpc) is 4.07. The van der Waals surface area contributed by atoms with Crippen molar-refractivity contribution in [3.63, 3.8) is 0 Å². The smallest absolute Gasteiger partial charge is 0.339 e. The molecule has 0 spiro atoms. The summed E-state index contributed by atoms with van der Waals surface area (Å²) in [5, 5.41) is 16.7. The van der Waals surface area contributed by atoms with Crippen LogP contribution < -0.4 is 10.6 Å². The van der Waals surface area contributed by atoms with E-state index < -0.39 is 11.9 Å². The number of rotatable bonds is 10. The molecule has 0 saturated heterocycles. The van der Waals surface area contributed by atoms with Gasteiger partial charge in [-0.25, -0.2) is 29.5 Å². The lowest BCUT2D eigenvalue weighted by molar-refractivity contribution is 0.0599. The highest BCUT2D eigenvalue weighted by Gasteiger charge is 2.28. The largest absolute Gasteiger partial charge is 0.478 e. The molecular formula is C42H50N12O6. The number of amides is 2. The molecule has 0 radical (unpaired) electrons. The fourth-order valence-corrected chi connectivity index (χ4v) is 7.52. The number of pyridine rings is 2. The fraction of sp³-hybridized carbons (Fsp3) is 0.381. The Bertz CT molecular complexity index is 2500. The van der Waals surface area contributed by atoms with Crippen LogP contribution in [0.25, 0.3) is 22.1 Å². The van der Waals surface area contributed by atoms with E-state index in [2.05, 4.69) is 49.8 Å². The molecule has 2 aliphatic carbocycles. The molecule has 6 aromatic heterocycles. The predicted octanol–water partition coefficient (Wildman–Crippen LogP) is 6.89. The van der Waals surface area contributed by atoms with Crippen molar-refractivity contribution in [2.75, 3.05) is 45.9 Å².